The Morgan fingerprint density at radius 2 is 1.83 bits per heavy atom. The van der Waals surface area contributed by atoms with Gasteiger partial charge in [0.2, 0.25) is 21.7 Å². The van der Waals surface area contributed by atoms with Gasteiger partial charge < -0.3 is 4.52 Å². The average molecular weight is 433 g/mol. The minimum Gasteiger partial charge on any atom is -0.338 e. The number of sulfonamides is 1. The predicted molar refractivity (Wildman–Crippen MR) is 110 cm³/mol. The SMILES string of the molecule is Cc1cccc(-c2noc(CN3CCN(S(=O)(=O)c4cccc(Cl)c4)CC3)n2)c1. The molecule has 4 rings (SSSR count). The Hall–Kier alpha value is -2.26. The summed E-state index contributed by atoms with van der Waals surface area (Å²) in [4.78, 5) is 6.80. The van der Waals surface area contributed by atoms with Crippen molar-refractivity contribution in [1.29, 1.82) is 0 Å². The average Bonchev–Trinajstić information content (AvgIpc) is 3.17. The summed E-state index contributed by atoms with van der Waals surface area (Å²) < 4.78 is 32.5. The fourth-order valence-electron chi connectivity index (χ4n) is 3.32. The van der Waals surface area contributed by atoms with Crippen molar-refractivity contribution in [1.82, 2.24) is 19.3 Å². The van der Waals surface area contributed by atoms with Gasteiger partial charge in [-0.15, -0.1) is 0 Å². The zero-order chi connectivity index (χ0) is 20.4. The molecule has 1 aliphatic heterocycles. The maximum Gasteiger partial charge on any atom is 0.243 e. The smallest absolute Gasteiger partial charge is 0.243 e. The summed E-state index contributed by atoms with van der Waals surface area (Å²) >= 11 is 5.94. The fourth-order valence-corrected chi connectivity index (χ4v) is 5.04. The van der Waals surface area contributed by atoms with Crippen LogP contribution in [0.15, 0.2) is 57.9 Å². The lowest BCUT2D eigenvalue weighted by Crippen LogP contribution is -2.48. The van der Waals surface area contributed by atoms with E-state index >= 15 is 0 Å². The molecule has 0 saturated carbocycles. The second kappa shape index (κ2) is 8.23. The minimum atomic E-state index is -3.55. The summed E-state index contributed by atoms with van der Waals surface area (Å²) in [5.41, 5.74) is 2.04. The third-order valence-electron chi connectivity index (χ3n) is 4.87. The van der Waals surface area contributed by atoms with Gasteiger partial charge in [-0.25, -0.2) is 8.42 Å². The molecule has 1 saturated heterocycles. The molecule has 2 heterocycles. The van der Waals surface area contributed by atoms with Crippen molar-refractivity contribution in [2.45, 2.75) is 18.4 Å². The number of benzene rings is 2. The second-order valence-corrected chi connectivity index (χ2v) is 9.39. The highest BCUT2D eigenvalue weighted by Crippen LogP contribution is 2.22. The molecule has 7 nitrogen and oxygen atoms in total. The Morgan fingerprint density at radius 3 is 2.55 bits per heavy atom. The number of hydrogen-bond donors (Lipinski definition) is 0. The van der Waals surface area contributed by atoms with Crippen molar-refractivity contribution < 1.29 is 12.9 Å². The molecule has 0 bridgehead atoms. The number of aryl methyl sites for hydroxylation is 1. The summed E-state index contributed by atoms with van der Waals surface area (Å²) in [6.45, 7) is 4.47. The summed E-state index contributed by atoms with van der Waals surface area (Å²) in [5, 5.41) is 4.47. The van der Waals surface area contributed by atoms with Gasteiger partial charge in [-0.05, 0) is 31.2 Å². The quantitative estimate of drug-likeness (QED) is 0.616. The first-order chi connectivity index (χ1) is 13.9. The van der Waals surface area contributed by atoms with Gasteiger partial charge in [-0.1, -0.05) is 46.6 Å². The van der Waals surface area contributed by atoms with E-state index in [1.165, 1.54) is 10.4 Å². The minimum absolute atomic E-state index is 0.221. The Bertz CT molecular complexity index is 1110. The lowest BCUT2D eigenvalue weighted by molar-refractivity contribution is 0.163. The van der Waals surface area contributed by atoms with Crippen LogP contribution in [0.2, 0.25) is 5.02 Å². The van der Waals surface area contributed by atoms with E-state index in [0.29, 0.717) is 49.5 Å². The van der Waals surface area contributed by atoms with E-state index in [1.54, 1.807) is 18.2 Å². The van der Waals surface area contributed by atoms with E-state index < -0.39 is 10.0 Å². The zero-order valence-electron chi connectivity index (χ0n) is 16.0. The second-order valence-electron chi connectivity index (χ2n) is 7.02. The van der Waals surface area contributed by atoms with Crippen LogP contribution < -0.4 is 0 Å². The zero-order valence-corrected chi connectivity index (χ0v) is 17.5. The van der Waals surface area contributed by atoms with Crippen LogP contribution in [0.5, 0.6) is 0 Å². The van der Waals surface area contributed by atoms with Crippen LogP contribution in [0.4, 0.5) is 0 Å². The Morgan fingerprint density at radius 1 is 1.07 bits per heavy atom. The molecular weight excluding hydrogens is 412 g/mol. The molecule has 9 heteroatoms. The molecule has 1 aromatic heterocycles. The molecule has 0 aliphatic carbocycles. The monoisotopic (exact) mass is 432 g/mol. The lowest BCUT2D eigenvalue weighted by Gasteiger charge is -2.33. The topological polar surface area (TPSA) is 79.5 Å². The highest BCUT2D eigenvalue weighted by molar-refractivity contribution is 7.89. The molecule has 0 radical (unpaired) electrons. The normalized spacial score (nSPS) is 16.2. The highest BCUT2D eigenvalue weighted by Gasteiger charge is 2.29. The Kier molecular flexibility index (Phi) is 5.69. The van der Waals surface area contributed by atoms with E-state index in [1.807, 2.05) is 31.2 Å². The van der Waals surface area contributed by atoms with Crippen LogP contribution in [0.3, 0.4) is 0 Å². The van der Waals surface area contributed by atoms with E-state index in [2.05, 4.69) is 15.0 Å². The Balaban J connectivity index is 1.38. The molecule has 29 heavy (non-hydrogen) atoms. The molecule has 0 unspecified atom stereocenters. The van der Waals surface area contributed by atoms with Gasteiger partial charge in [-0.3, -0.25) is 4.90 Å². The van der Waals surface area contributed by atoms with E-state index in [0.717, 1.165) is 11.1 Å². The number of rotatable bonds is 5. The first kappa shape index (κ1) is 20.0. The van der Waals surface area contributed by atoms with Crippen LogP contribution in [0.1, 0.15) is 11.5 Å². The molecule has 2 aromatic carbocycles. The number of aromatic nitrogens is 2. The fraction of sp³-hybridized carbons (Fsp3) is 0.300. The molecule has 0 N–H and O–H groups in total. The Labute approximate surface area is 174 Å². The standard InChI is InChI=1S/C20H21ClN4O3S/c1-15-4-2-5-16(12-15)20-22-19(28-23-20)14-24-8-10-25(11-9-24)29(26,27)18-7-3-6-17(21)13-18/h2-7,12-13H,8-11,14H2,1H3. The van der Waals surface area contributed by atoms with Crippen LogP contribution >= 0.6 is 11.6 Å². The number of halogens is 1. The van der Waals surface area contributed by atoms with Crippen LogP contribution in [-0.2, 0) is 16.6 Å². The first-order valence-corrected chi connectivity index (χ1v) is 11.1. The van der Waals surface area contributed by atoms with Crippen molar-refractivity contribution in [3.05, 3.63) is 65.0 Å². The molecular formula is C20H21ClN4O3S. The van der Waals surface area contributed by atoms with Gasteiger partial charge in [0.1, 0.15) is 0 Å². The van der Waals surface area contributed by atoms with Gasteiger partial charge >= 0.3 is 0 Å². The molecule has 3 aromatic rings. The molecule has 0 spiro atoms. The van der Waals surface area contributed by atoms with Crippen LogP contribution in [0, 0.1) is 6.92 Å². The third-order valence-corrected chi connectivity index (χ3v) is 7.00. The van der Waals surface area contributed by atoms with E-state index in [4.69, 9.17) is 16.1 Å². The van der Waals surface area contributed by atoms with Gasteiger partial charge in [0.05, 0.1) is 11.4 Å². The largest absolute Gasteiger partial charge is 0.338 e. The lowest BCUT2D eigenvalue weighted by atomic mass is 10.1. The summed E-state index contributed by atoms with van der Waals surface area (Å²) in [6.07, 6.45) is 0. The maximum atomic E-state index is 12.8. The van der Waals surface area contributed by atoms with Gasteiger partial charge in [0.25, 0.3) is 0 Å². The number of nitrogens with zero attached hydrogens (tertiary/aromatic N) is 4. The van der Waals surface area contributed by atoms with Gasteiger partial charge in [-0.2, -0.15) is 9.29 Å². The maximum absolute atomic E-state index is 12.8. The van der Waals surface area contributed by atoms with Crippen molar-refractivity contribution in [2.75, 3.05) is 26.2 Å². The first-order valence-electron chi connectivity index (χ1n) is 9.29. The summed E-state index contributed by atoms with van der Waals surface area (Å²) in [5.74, 6) is 1.08. The van der Waals surface area contributed by atoms with Gasteiger partial charge in [0, 0.05) is 36.8 Å². The van der Waals surface area contributed by atoms with Crippen molar-refractivity contribution in [3.63, 3.8) is 0 Å². The molecule has 0 amide bonds. The summed E-state index contributed by atoms with van der Waals surface area (Å²) in [7, 11) is -3.55. The van der Waals surface area contributed by atoms with Gasteiger partial charge in [0.15, 0.2) is 0 Å². The van der Waals surface area contributed by atoms with E-state index in [9.17, 15) is 8.42 Å². The predicted octanol–water partition coefficient (Wildman–Crippen LogP) is 3.20. The number of piperazine rings is 1. The highest BCUT2D eigenvalue weighted by atomic mass is 35.5. The van der Waals surface area contributed by atoms with Crippen molar-refractivity contribution >= 4 is 21.6 Å². The van der Waals surface area contributed by atoms with Crippen LogP contribution in [-0.4, -0.2) is 53.9 Å². The van der Waals surface area contributed by atoms with E-state index in [-0.39, 0.29) is 4.90 Å². The summed E-state index contributed by atoms with van der Waals surface area (Å²) in [6, 6.07) is 14.3. The molecule has 0 atom stereocenters. The molecule has 1 aliphatic rings. The van der Waals surface area contributed by atoms with Crippen molar-refractivity contribution in [3.8, 4) is 11.4 Å². The van der Waals surface area contributed by atoms with Crippen molar-refractivity contribution in [2.24, 2.45) is 0 Å². The van der Waals surface area contributed by atoms with Crippen LogP contribution in [0.25, 0.3) is 11.4 Å². The number of hydrogen-bond acceptors (Lipinski definition) is 6. The molecule has 152 valence electrons. The third kappa shape index (κ3) is 4.51. The molecule has 1 fully saturated rings.